The molecular formula is C21H28N2O2S2. The predicted octanol–water partition coefficient (Wildman–Crippen LogP) is 4.73. The third-order valence-corrected chi connectivity index (χ3v) is 8.59. The fourth-order valence-electron chi connectivity index (χ4n) is 4.24. The summed E-state index contributed by atoms with van der Waals surface area (Å²) >= 11 is 0. The molecule has 27 heavy (non-hydrogen) atoms. The lowest BCUT2D eigenvalue weighted by molar-refractivity contribution is -0.134. The molecule has 0 saturated carbocycles. The minimum absolute atomic E-state index is 0.0949. The van der Waals surface area contributed by atoms with Crippen LogP contribution in [0.3, 0.4) is 0 Å². The second-order valence-electron chi connectivity index (χ2n) is 7.52. The molecule has 4 rings (SSSR count). The molecule has 1 aromatic carbocycles. The van der Waals surface area contributed by atoms with Crippen molar-refractivity contribution in [2.24, 2.45) is 4.99 Å². The Balaban J connectivity index is 1.36. The zero-order chi connectivity index (χ0) is 18.5. The van der Waals surface area contributed by atoms with Gasteiger partial charge in [-0.2, -0.15) is 0 Å². The highest BCUT2D eigenvalue weighted by atomic mass is 33.1. The van der Waals surface area contributed by atoms with Crippen LogP contribution in [0, 0.1) is 0 Å². The fourth-order valence-corrected chi connectivity index (χ4v) is 7.26. The molecule has 1 saturated heterocycles. The summed E-state index contributed by atoms with van der Waals surface area (Å²) in [6.07, 6.45) is 8.38. The number of fused-ring (bicyclic) bond motifs is 1. The first-order chi connectivity index (χ1) is 13.3. The van der Waals surface area contributed by atoms with Crippen LogP contribution < -0.4 is 10.1 Å². The van der Waals surface area contributed by atoms with E-state index in [4.69, 9.17) is 4.74 Å². The third kappa shape index (κ3) is 4.83. The summed E-state index contributed by atoms with van der Waals surface area (Å²) in [5.74, 6) is 3.25. The van der Waals surface area contributed by atoms with Gasteiger partial charge in [0.1, 0.15) is 11.6 Å². The van der Waals surface area contributed by atoms with Crippen LogP contribution in [-0.2, 0) is 11.2 Å². The maximum atomic E-state index is 12.4. The van der Waals surface area contributed by atoms with E-state index in [0.29, 0.717) is 6.42 Å². The normalized spacial score (nSPS) is 24.2. The highest BCUT2D eigenvalue weighted by molar-refractivity contribution is 8.77. The Morgan fingerprint density at radius 2 is 2.26 bits per heavy atom. The zero-order valence-corrected chi connectivity index (χ0v) is 17.4. The number of carbonyl (C=O) groups excluding carboxylic acids is 1. The first-order valence-electron chi connectivity index (χ1n) is 10.2. The number of aryl methyl sites for hydroxylation is 1. The molecule has 2 atom stereocenters. The lowest BCUT2D eigenvalue weighted by Crippen LogP contribution is -2.29. The Labute approximate surface area is 169 Å². The van der Waals surface area contributed by atoms with Gasteiger partial charge in [-0.15, -0.1) is 0 Å². The van der Waals surface area contributed by atoms with Crippen LogP contribution in [0.4, 0.5) is 0 Å². The number of ether oxygens (including phenoxy) is 1. The number of nitrogens with zero attached hydrogens (tertiary/aromatic N) is 1. The SMILES string of the molecule is O=C(CCCC[C@H]1CCSS1)Oc1cccc2c1C(C1=NCCN1)CCC2. The van der Waals surface area contributed by atoms with E-state index in [0.717, 1.165) is 62.0 Å². The third-order valence-electron chi connectivity index (χ3n) is 5.58. The van der Waals surface area contributed by atoms with Gasteiger partial charge in [0, 0.05) is 35.4 Å². The van der Waals surface area contributed by atoms with Crippen molar-refractivity contribution in [3.05, 3.63) is 29.3 Å². The number of carbonyl (C=O) groups is 1. The number of nitrogens with one attached hydrogen (secondary N) is 1. The lowest BCUT2D eigenvalue weighted by Gasteiger charge is -2.27. The van der Waals surface area contributed by atoms with Gasteiger partial charge in [-0.1, -0.05) is 40.1 Å². The Morgan fingerprint density at radius 3 is 3.07 bits per heavy atom. The average molecular weight is 405 g/mol. The van der Waals surface area contributed by atoms with E-state index >= 15 is 0 Å². The number of amidine groups is 1. The van der Waals surface area contributed by atoms with Crippen LogP contribution in [-0.4, -0.2) is 35.9 Å². The van der Waals surface area contributed by atoms with Crippen molar-refractivity contribution >= 4 is 33.4 Å². The summed E-state index contributed by atoms with van der Waals surface area (Å²) in [6.45, 7) is 1.77. The van der Waals surface area contributed by atoms with Gasteiger partial charge in [-0.25, -0.2) is 0 Å². The van der Waals surface area contributed by atoms with Gasteiger partial charge >= 0.3 is 5.97 Å². The quantitative estimate of drug-likeness (QED) is 0.308. The Hall–Kier alpha value is -1.14. The summed E-state index contributed by atoms with van der Waals surface area (Å²) in [5.41, 5.74) is 2.49. The number of hydrogen-bond acceptors (Lipinski definition) is 6. The Kier molecular flexibility index (Phi) is 6.66. The Morgan fingerprint density at radius 1 is 1.30 bits per heavy atom. The van der Waals surface area contributed by atoms with Gasteiger partial charge < -0.3 is 10.1 Å². The maximum absolute atomic E-state index is 12.4. The molecule has 0 bridgehead atoms. The molecule has 1 unspecified atom stereocenters. The standard InChI is InChI=1S/C21H28N2O2S2/c24-19(10-2-1-7-16-11-14-26-27-16)25-18-9-4-6-15-5-3-8-17(20(15)18)21-22-12-13-23-21/h4,6,9,16-17H,1-3,5,7-8,10-14H2,(H,22,23)/t16-,17?/m0/s1. The van der Waals surface area contributed by atoms with Gasteiger partial charge in [-0.3, -0.25) is 9.79 Å². The number of aliphatic imine (C=N–C) groups is 1. The van der Waals surface area contributed by atoms with Crippen molar-refractivity contribution in [2.75, 3.05) is 18.8 Å². The monoisotopic (exact) mass is 404 g/mol. The summed E-state index contributed by atoms with van der Waals surface area (Å²) in [5, 5.41) is 4.21. The molecule has 0 amide bonds. The van der Waals surface area contributed by atoms with Crippen LogP contribution in [0.25, 0.3) is 0 Å². The Bertz CT molecular complexity index is 701. The molecule has 0 radical (unpaired) electrons. The molecule has 2 heterocycles. The lowest BCUT2D eigenvalue weighted by atomic mass is 9.81. The molecule has 1 N–H and O–H groups in total. The average Bonchev–Trinajstić information content (AvgIpc) is 3.39. The van der Waals surface area contributed by atoms with Gasteiger partial charge in [0.15, 0.2) is 0 Å². The molecule has 1 aromatic rings. The van der Waals surface area contributed by atoms with Crippen LogP contribution in [0.15, 0.2) is 23.2 Å². The van der Waals surface area contributed by atoms with E-state index in [9.17, 15) is 4.79 Å². The summed E-state index contributed by atoms with van der Waals surface area (Å²) in [6, 6.07) is 6.14. The van der Waals surface area contributed by atoms with E-state index in [1.165, 1.54) is 29.7 Å². The van der Waals surface area contributed by atoms with Crippen LogP contribution in [0.1, 0.15) is 62.0 Å². The molecule has 1 aliphatic carbocycles. The molecule has 1 fully saturated rings. The number of esters is 1. The number of hydrogen-bond donors (Lipinski definition) is 1. The zero-order valence-electron chi connectivity index (χ0n) is 15.7. The summed E-state index contributed by atoms with van der Waals surface area (Å²) < 4.78 is 5.84. The summed E-state index contributed by atoms with van der Waals surface area (Å²) in [4.78, 5) is 17.1. The van der Waals surface area contributed by atoms with E-state index in [-0.39, 0.29) is 11.9 Å². The second-order valence-corrected chi connectivity index (χ2v) is 10.3. The van der Waals surface area contributed by atoms with E-state index < -0.39 is 0 Å². The number of unbranched alkanes of at least 4 members (excludes halogenated alkanes) is 1. The fraction of sp³-hybridized carbons (Fsp3) is 0.619. The van der Waals surface area contributed by atoms with E-state index in [1.54, 1.807) is 0 Å². The predicted molar refractivity (Wildman–Crippen MR) is 115 cm³/mol. The van der Waals surface area contributed by atoms with Crippen molar-refractivity contribution in [2.45, 2.75) is 62.5 Å². The molecule has 0 spiro atoms. The topological polar surface area (TPSA) is 50.7 Å². The van der Waals surface area contributed by atoms with Crippen LogP contribution in [0.2, 0.25) is 0 Å². The van der Waals surface area contributed by atoms with Gasteiger partial charge in [0.2, 0.25) is 0 Å². The van der Waals surface area contributed by atoms with Gasteiger partial charge in [-0.05, 0) is 50.2 Å². The van der Waals surface area contributed by atoms with Crippen molar-refractivity contribution in [3.63, 3.8) is 0 Å². The van der Waals surface area contributed by atoms with Crippen LogP contribution in [0.5, 0.6) is 5.75 Å². The molecule has 2 aliphatic heterocycles. The van der Waals surface area contributed by atoms with Crippen LogP contribution >= 0.6 is 21.6 Å². The first kappa shape index (κ1) is 19.2. The second kappa shape index (κ2) is 9.37. The number of rotatable bonds is 7. The van der Waals surface area contributed by atoms with E-state index in [1.807, 2.05) is 33.7 Å². The van der Waals surface area contributed by atoms with Crippen molar-refractivity contribution in [3.8, 4) is 5.75 Å². The van der Waals surface area contributed by atoms with Crippen molar-refractivity contribution in [1.29, 1.82) is 0 Å². The minimum Gasteiger partial charge on any atom is -0.426 e. The highest BCUT2D eigenvalue weighted by Crippen LogP contribution is 2.40. The highest BCUT2D eigenvalue weighted by Gasteiger charge is 2.29. The molecule has 4 nitrogen and oxygen atoms in total. The first-order valence-corrected chi connectivity index (χ1v) is 12.6. The molecule has 3 aliphatic rings. The molecule has 0 aromatic heterocycles. The minimum atomic E-state index is -0.0949. The largest absolute Gasteiger partial charge is 0.426 e. The smallest absolute Gasteiger partial charge is 0.311 e. The van der Waals surface area contributed by atoms with Gasteiger partial charge in [0.05, 0.1) is 6.54 Å². The molecular weight excluding hydrogens is 376 g/mol. The number of benzene rings is 1. The summed E-state index contributed by atoms with van der Waals surface area (Å²) in [7, 11) is 4.00. The van der Waals surface area contributed by atoms with Crippen molar-refractivity contribution in [1.82, 2.24) is 5.32 Å². The molecule has 6 heteroatoms. The maximum Gasteiger partial charge on any atom is 0.311 e. The van der Waals surface area contributed by atoms with Gasteiger partial charge in [0.25, 0.3) is 0 Å². The van der Waals surface area contributed by atoms with Crippen molar-refractivity contribution < 1.29 is 9.53 Å². The van der Waals surface area contributed by atoms with E-state index in [2.05, 4.69) is 16.4 Å². The molecule has 146 valence electrons.